The monoisotopic (exact) mass is 412 g/mol. The second-order valence-electron chi connectivity index (χ2n) is 6.25. The van der Waals surface area contributed by atoms with E-state index in [9.17, 15) is 9.18 Å². The number of H-pyrrole nitrogens is 1. The van der Waals surface area contributed by atoms with Gasteiger partial charge >= 0.3 is 0 Å². The first-order chi connectivity index (χ1) is 13.7. The Morgan fingerprint density at radius 3 is 2.96 bits per heavy atom. The Balaban J connectivity index is 1.49. The van der Waals surface area contributed by atoms with Crippen LogP contribution in [0.3, 0.4) is 0 Å². The normalized spacial score (nSPS) is 16.5. The van der Waals surface area contributed by atoms with Crippen molar-refractivity contribution >= 4 is 44.9 Å². The van der Waals surface area contributed by atoms with Gasteiger partial charge in [-0.3, -0.25) is 4.79 Å². The molecule has 2 aromatic heterocycles. The molecule has 1 amide bonds. The Morgan fingerprint density at radius 2 is 2.11 bits per heavy atom. The predicted molar refractivity (Wildman–Crippen MR) is 105 cm³/mol. The first kappa shape index (κ1) is 17.3. The Kier molecular flexibility index (Phi) is 4.29. The molecule has 5 rings (SSSR count). The number of halogens is 1. The summed E-state index contributed by atoms with van der Waals surface area (Å²) in [4.78, 5) is 20.5. The number of carbonyl (C=O) groups excluding carboxylic acids is 1. The smallest absolute Gasteiger partial charge is 0.241 e. The van der Waals surface area contributed by atoms with Crippen LogP contribution in [0.25, 0.3) is 10.2 Å². The number of nitrogens with one attached hydrogen (secondary N) is 1. The number of aromatic amines is 1. The van der Waals surface area contributed by atoms with E-state index < -0.39 is 0 Å². The third-order valence-corrected chi connectivity index (χ3v) is 6.68. The zero-order valence-electron chi connectivity index (χ0n) is 14.4. The molecule has 10 heteroatoms. The summed E-state index contributed by atoms with van der Waals surface area (Å²) in [5, 5.41) is 14.3. The summed E-state index contributed by atoms with van der Waals surface area (Å²) in [5.74, 6) is 0.153. The Hall–Kier alpha value is -2.85. The molecule has 1 aliphatic rings. The van der Waals surface area contributed by atoms with Crippen molar-refractivity contribution in [2.75, 3.05) is 4.90 Å². The maximum Gasteiger partial charge on any atom is 0.241 e. The van der Waals surface area contributed by atoms with Crippen molar-refractivity contribution in [3.63, 3.8) is 0 Å². The molecule has 0 saturated heterocycles. The van der Waals surface area contributed by atoms with Crippen LogP contribution in [-0.4, -0.2) is 36.8 Å². The number of thioether (sulfide) groups is 1. The average molecular weight is 412 g/mol. The molecule has 0 aliphatic carbocycles. The van der Waals surface area contributed by atoms with Gasteiger partial charge in [-0.05, 0) is 24.3 Å². The van der Waals surface area contributed by atoms with E-state index >= 15 is 0 Å². The van der Waals surface area contributed by atoms with Crippen LogP contribution in [0.4, 0.5) is 10.1 Å². The van der Waals surface area contributed by atoms with Gasteiger partial charge in [0, 0.05) is 17.4 Å². The Morgan fingerprint density at radius 1 is 1.21 bits per heavy atom. The summed E-state index contributed by atoms with van der Waals surface area (Å²) in [6, 6.07) is 12.3. The molecular formula is C18H13FN6OS2. The molecule has 3 heterocycles. The lowest BCUT2D eigenvalue weighted by atomic mass is 10.2. The highest BCUT2D eigenvalue weighted by Gasteiger charge is 2.34. The molecule has 0 fully saturated rings. The summed E-state index contributed by atoms with van der Waals surface area (Å²) in [5.41, 5.74) is 1.46. The molecule has 1 unspecified atom stereocenters. The van der Waals surface area contributed by atoms with Crippen LogP contribution in [-0.2, 0) is 17.8 Å². The first-order valence-electron chi connectivity index (χ1n) is 8.52. The van der Waals surface area contributed by atoms with Gasteiger partial charge in [0.1, 0.15) is 10.8 Å². The Labute approximate surface area is 167 Å². The van der Waals surface area contributed by atoms with Gasteiger partial charge in [0.2, 0.25) is 5.91 Å². The van der Waals surface area contributed by atoms with Crippen molar-refractivity contribution in [1.29, 1.82) is 0 Å². The van der Waals surface area contributed by atoms with Gasteiger partial charge in [-0.2, -0.15) is 5.21 Å². The molecule has 28 heavy (non-hydrogen) atoms. The SMILES string of the molecule is O=C1C(Cc2nn[nH]n2)Sc2ccccc2N1Cc1nc2cc(F)ccc2s1. The van der Waals surface area contributed by atoms with Crippen LogP contribution < -0.4 is 4.90 Å². The highest BCUT2D eigenvalue weighted by Crippen LogP contribution is 2.41. The fourth-order valence-corrected chi connectivity index (χ4v) is 5.31. The summed E-state index contributed by atoms with van der Waals surface area (Å²) in [6.07, 6.45) is 0.385. The third kappa shape index (κ3) is 3.14. The third-order valence-electron chi connectivity index (χ3n) is 4.41. The van der Waals surface area contributed by atoms with Crippen molar-refractivity contribution in [1.82, 2.24) is 25.6 Å². The second-order valence-corrected chi connectivity index (χ2v) is 8.61. The maximum atomic E-state index is 13.5. The minimum Gasteiger partial charge on any atom is -0.303 e. The molecule has 1 aliphatic heterocycles. The van der Waals surface area contributed by atoms with Gasteiger partial charge < -0.3 is 4.90 Å². The largest absolute Gasteiger partial charge is 0.303 e. The molecule has 2 aromatic carbocycles. The van der Waals surface area contributed by atoms with Gasteiger partial charge in [-0.15, -0.1) is 33.3 Å². The van der Waals surface area contributed by atoms with Crippen LogP contribution in [0.15, 0.2) is 47.4 Å². The number of anilines is 1. The summed E-state index contributed by atoms with van der Waals surface area (Å²) in [6.45, 7) is 0.333. The Bertz CT molecular complexity index is 1160. The first-order valence-corrected chi connectivity index (χ1v) is 10.2. The number of carbonyl (C=O) groups is 1. The average Bonchev–Trinajstić information content (AvgIpc) is 3.34. The zero-order valence-corrected chi connectivity index (χ0v) is 16.0. The van der Waals surface area contributed by atoms with Crippen molar-refractivity contribution < 1.29 is 9.18 Å². The summed E-state index contributed by atoms with van der Waals surface area (Å²) in [7, 11) is 0. The van der Waals surface area contributed by atoms with Gasteiger partial charge in [-0.25, -0.2) is 9.37 Å². The van der Waals surface area contributed by atoms with Crippen molar-refractivity contribution in [3.8, 4) is 0 Å². The number of hydrogen-bond donors (Lipinski definition) is 1. The second kappa shape index (κ2) is 6.95. The molecule has 0 radical (unpaired) electrons. The lowest BCUT2D eigenvalue weighted by Gasteiger charge is -2.32. The van der Waals surface area contributed by atoms with Crippen LogP contribution >= 0.6 is 23.1 Å². The summed E-state index contributed by atoms with van der Waals surface area (Å²) < 4.78 is 14.4. The van der Waals surface area contributed by atoms with Gasteiger partial charge in [-0.1, -0.05) is 17.3 Å². The quantitative estimate of drug-likeness (QED) is 0.554. The van der Waals surface area contributed by atoms with Crippen molar-refractivity contribution in [3.05, 3.63) is 59.1 Å². The van der Waals surface area contributed by atoms with E-state index in [1.54, 1.807) is 11.0 Å². The molecule has 140 valence electrons. The number of tetrazole rings is 1. The molecule has 0 bridgehead atoms. The fourth-order valence-electron chi connectivity index (χ4n) is 3.15. The standard InChI is InChI=1S/C18H13FN6OS2/c19-10-5-6-13-11(7-10)20-17(28-13)9-25-12-3-1-2-4-14(12)27-15(18(25)26)8-16-21-23-24-22-16/h1-7,15H,8-9H2,(H,21,22,23,24). The number of benzene rings is 2. The number of thiazole rings is 1. The number of aromatic nitrogens is 5. The van der Waals surface area contributed by atoms with E-state index in [2.05, 4.69) is 25.6 Å². The van der Waals surface area contributed by atoms with Gasteiger partial charge in [0.15, 0.2) is 5.82 Å². The zero-order chi connectivity index (χ0) is 19.1. The van der Waals surface area contributed by atoms with E-state index in [0.29, 0.717) is 24.3 Å². The van der Waals surface area contributed by atoms with E-state index in [1.165, 1.54) is 35.2 Å². The number of amides is 1. The molecule has 0 spiro atoms. The lowest BCUT2D eigenvalue weighted by molar-refractivity contribution is -0.118. The van der Waals surface area contributed by atoms with E-state index in [0.717, 1.165) is 20.3 Å². The molecule has 1 N–H and O–H groups in total. The minimum absolute atomic E-state index is 0.0288. The van der Waals surface area contributed by atoms with E-state index in [4.69, 9.17) is 0 Å². The topological polar surface area (TPSA) is 87.7 Å². The van der Waals surface area contributed by atoms with Crippen LogP contribution in [0.1, 0.15) is 10.8 Å². The van der Waals surface area contributed by atoms with Crippen LogP contribution in [0.2, 0.25) is 0 Å². The number of para-hydroxylation sites is 1. The predicted octanol–water partition coefficient (Wildman–Crippen LogP) is 3.20. The van der Waals surface area contributed by atoms with Crippen LogP contribution in [0.5, 0.6) is 0 Å². The summed E-state index contributed by atoms with van der Waals surface area (Å²) >= 11 is 2.97. The molecule has 0 saturated carbocycles. The number of hydrogen-bond acceptors (Lipinski definition) is 7. The number of fused-ring (bicyclic) bond motifs is 2. The van der Waals surface area contributed by atoms with Crippen molar-refractivity contribution in [2.24, 2.45) is 0 Å². The van der Waals surface area contributed by atoms with E-state index in [1.807, 2.05) is 24.3 Å². The lowest BCUT2D eigenvalue weighted by Crippen LogP contribution is -2.41. The van der Waals surface area contributed by atoms with E-state index in [-0.39, 0.29) is 17.0 Å². The maximum absolute atomic E-state index is 13.5. The highest BCUT2D eigenvalue weighted by molar-refractivity contribution is 8.01. The van der Waals surface area contributed by atoms with Crippen LogP contribution in [0, 0.1) is 5.82 Å². The number of rotatable bonds is 4. The molecule has 1 atom stereocenters. The van der Waals surface area contributed by atoms with Gasteiger partial charge in [0.25, 0.3) is 0 Å². The number of nitrogens with zero attached hydrogens (tertiary/aromatic N) is 5. The minimum atomic E-state index is -0.348. The highest BCUT2D eigenvalue weighted by atomic mass is 32.2. The molecule has 4 aromatic rings. The molecular weight excluding hydrogens is 399 g/mol. The van der Waals surface area contributed by atoms with Crippen molar-refractivity contribution in [2.45, 2.75) is 23.1 Å². The molecule has 7 nitrogen and oxygen atoms in total. The fraction of sp³-hybridized carbons (Fsp3) is 0.167. The van der Waals surface area contributed by atoms with Gasteiger partial charge in [0.05, 0.1) is 27.7 Å².